The van der Waals surface area contributed by atoms with E-state index in [1.165, 1.54) is 35.2 Å². The number of fused-ring (bicyclic) bond motifs is 2. The van der Waals surface area contributed by atoms with Gasteiger partial charge in [-0.3, -0.25) is 24.6 Å². The van der Waals surface area contributed by atoms with Gasteiger partial charge in [0, 0.05) is 22.8 Å². The zero-order valence-electron chi connectivity index (χ0n) is 16.6. The topological polar surface area (TPSA) is 107 Å². The number of anilines is 1. The summed E-state index contributed by atoms with van der Waals surface area (Å²) in [6.45, 7) is 1.79. The van der Waals surface area contributed by atoms with Gasteiger partial charge < -0.3 is 4.42 Å². The van der Waals surface area contributed by atoms with Gasteiger partial charge in [0.15, 0.2) is 5.43 Å². The zero-order chi connectivity index (χ0) is 22.6. The minimum atomic E-state index is -0.868. The molecule has 4 aromatic rings. The molecule has 0 aliphatic carbocycles. The lowest BCUT2D eigenvalue weighted by atomic mass is 9.98. The van der Waals surface area contributed by atoms with Crippen LogP contribution in [0.3, 0.4) is 0 Å². The number of non-ortho nitro benzene ring substituents is 1. The highest BCUT2D eigenvalue weighted by atomic mass is 35.5. The number of hydrogen-bond acceptors (Lipinski definition) is 6. The quantitative estimate of drug-likeness (QED) is 0.329. The lowest BCUT2D eigenvalue weighted by Crippen LogP contribution is -2.30. The van der Waals surface area contributed by atoms with Gasteiger partial charge >= 0.3 is 0 Å². The van der Waals surface area contributed by atoms with Crippen molar-refractivity contribution in [3.8, 4) is 0 Å². The number of amides is 1. The van der Waals surface area contributed by atoms with E-state index in [-0.39, 0.29) is 28.0 Å². The third-order valence-electron chi connectivity index (χ3n) is 5.37. The van der Waals surface area contributed by atoms with Crippen molar-refractivity contribution >= 4 is 40.0 Å². The van der Waals surface area contributed by atoms with Crippen LogP contribution in [0.25, 0.3) is 11.0 Å². The molecule has 32 heavy (non-hydrogen) atoms. The largest absolute Gasteiger partial charge is 0.450 e. The molecule has 0 N–H and O–H groups in total. The normalized spacial score (nSPS) is 15.2. The molecule has 8 nitrogen and oxygen atoms in total. The average molecular weight is 448 g/mol. The van der Waals surface area contributed by atoms with Crippen LogP contribution in [0.1, 0.15) is 33.4 Å². The van der Waals surface area contributed by atoms with Crippen molar-refractivity contribution in [1.82, 2.24) is 4.98 Å². The van der Waals surface area contributed by atoms with Crippen molar-refractivity contribution in [2.75, 3.05) is 4.90 Å². The van der Waals surface area contributed by atoms with Gasteiger partial charge in [0.2, 0.25) is 5.76 Å². The number of hydrogen-bond donors (Lipinski definition) is 0. The van der Waals surface area contributed by atoms with Crippen LogP contribution in [-0.2, 0) is 0 Å². The Morgan fingerprint density at radius 3 is 2.53 bits per heavy atom. The van der Waals surface area contributed by atoms with Crippen molar-refractivity contribution in [3.05, 3.63) is 109 Å². The van der Waals surface area contributed by atoms with Gasteiger partial charge in [-0.25, -0.2) is 4.98 Å². The molecule has 0 radical (unpaired) electrons. The molecule has 1 amide bonds. The molecular weight excluding hydrogens is 434 g/mol. The molecule has 158 valence electrons. The molecule has 0 fully saturated rings. The first-order chi connectivity index (χ1) is 15.3. The van der Waals surface area contributed by atoms with E-state index in [9.17, 15) is 19.7 Å². The molecule has 5 rings (SSSR count). The molecule has 1 aliphatic heterocycles. The van der Waals surface area contributed by atoms with E-state index in [4.69, 9.17) is 16.0 Å². The van der Waals surface area contributed by atoms with E-state index >= 15 is 0 Å². The molecule has 1 aliphatic rings. The summed E-state index contributed by atoms with van der Waals surface area (Å²) in [5, 5.41) is 11.7. The minimum Gasteiger partial charge on any atom is -0.450 e. The first kappa shape index (κ1) is 19.9. The fraction of sp³-hybridized carbons (Fsp3) is 0.0870. The Bertz CT molecular complexity index is 1480. The SMILES string of the molecule is Cc1cccc(N2C(=O)c3oc4ccc(Cl)cc4c(=O)c3[C@@H]2c2ccc([N+](=O)[O-])cc2)n1. The van der Waals surface area contributed by atoms with E-state index in [2.05, 4.69) is 4.98 Å². The highest BCUT2D eigenvalue weighted by molar-refractivity contribution is 6.31. The van der Waals surface area contributed by atoms with Gasteiger partial charge in [0.1, 0.15) is 11.4 Å². The van der Waals surface area contributed by atoms with Crippen molar-refractivity contribution in [3.63, 3.8) is 0 Å². The number of halogens is 1. The Morgan fingerprint density at radius 1 is 1.09 bits per heavy atom. The van der Waals surface area contributed by atoms with Crippen molar-refractivity contribution in [2.24, 2.45) is 0 Å². The number of nitro groups is 1. The highest BCUT2D eigenvalue weighted by Gasteiger charge is 2.44. The number of aryl methyl sites for hydroxylation is 1. The summed E-state index contributed by atoms with van der Waals surface area (Å²) in [7, 11) is 0. The van der Waals surface area contributed by atoms with Gasteiger partial charge in [-0.15, -0.1) is 0 Å². The Balaban J connectivity index is 1.80. The number of aromatic nitrogens is 1. The Hall–Kier alpha value is -4.04. The van der Waals surface area contributed by atoms with Gasteiger partial charge in [0.25, 0.3) is 11.6 Å². The van der Waals surface area contributed by atoms with Crippen LogP contribution in [0.5, 0.6) is 0 Å². The molecule has 0 spiro atoms. The van der Waals surface area contributed by atoms with Gasteiger partial charge in [-0.1, -0.05) is 17.7 Å². The average Bonchev–Trinajstić information content (AvgIpc) is 3.07. The standard InChI is InChI=1S/C23H14ClN3O5/c1-12-3-2-4-18(25-12)26-20(13-5-8-15(9-6-13)27(30)31)19-21(28)16-11-14(24)7-10-17(16)32-22(19)23(26)29/h2-11,20H,1H3/t20-/m0/s1. The second kappa shape index (κ2) is 7.28. The lowest BCUT2D eigenvalue weighted by Gasteiger charge is -2.24. The predicted octanol–water partition coefficient (Wildman–Crippen LogP) is 4.81. The highest BCUT2D eigenvalue weighted by Crippen LogP contribution is 2.41. The van der Waals surface area contributed by atoms with Crippen LogP contribution >= 0.6 is 11.6 Å². The summed E-state index contributed by atoms with van der Waals surface area (Å²) in [6, 6.07) is 14.7. The summed E-state index contributed by atoms with van der Waals surface area (Å²) < 4.78 is 5.86. The van der Waals surface area contributed by atoms with E-state index in [0.29, 0.717) is 22.1 Å². The lowest BCUT2D eigenvalue weighted by molar-refractivity contribution is -0.384. The molecule has 1 atom stereocenters. The molecule has 3 heterocycles. The predicted molar refractivity (Wildman–Crippen MR) is 118 cm³/mol. The smallest absolute Gasteiger partial charge is 0.296 e. The van der Waals surface area contributed by atoms with E-state index in [1.807, 2.05) is 0 Å². The monoisotopic (exact) mass is 447 g/mol. The summed E-state index contributed by atoms with van der Waals surface area (Å²) in [5.74, 6) is -0.266. The van der Waals surface area contributed by atoms with Crippen LogP contribution in [-0.4, -0.2) is 15.8 Å². The number of nitro benzene ring substituents is 1. The van der Waals surface area contributed by atoms with Crippen LogP contribution in [0.2, 0.25) is 5.02 Å². The van der Waals surface area contributed by atoms with Crippen molar-refractivity contribution < 1.29 is 14.1 Å². The molecule has 2 aromatic heterocycles. The zero-order valence-corrected chi connectivity index (χ0v) is 17.4. The Morgan fingerprint density at radius 2 is 1.84 bits per heavy atom. The maximum atomic E-state index is 13.5. The molecule has 0 saturated carbocycles. The number of rotatable bonds is 3. The molecular formula is C23H14ClN3O5. The third kappa shape index (κ3) is 3.04. The van der Waals surface area contributed by atoms with Crippen LogP contribution in [0.4, 0.5) is 11.5 Å². The van der Waals surface area contributed by atoms with Crippen molar-refractivity contribution in [1.29, 1.82) is 0 Å². The number of carbonyl (C=O) groups is 1. The second-order valence-corrected chi connectivity index (χ2v) is 7.81. The van der Waals surface area contributed by atoms with Gasteiger partial charge in [-0.2, -0.15) is 0 Å². The van der Waals surface area contributed by atoms with Crippen LogP contribution in [0, 0.1) is 17.0 Å². The van der Waals surface area contributed by atoms with Gasteiger partial charge in [0.05, 0.1) is 21.9 Å². The third-order valence-corrected chi connectivity index (χ3v) is 5.61. The minimum absolute atomic E-state index is 0.0866. The van der Waals surface area contributed by atoms with E-state index < -0.39 is 22.3 Å². The van der Waals surface area contributed by atoms with Gasteiger partial charge in [-0.05, 0) is 55.0 Å². The summed E-state index contributed by atoms with van der Waals surface area (Å²) in [6.07, 6.45) is 0. The second-order valence-electron chi connectivity index (χ2n) is 7.38. The Kier molecular flexibility index (Phi) is 4.53. The number of nitrogens with zero attached hydrogens (tertiary/aromatic N) is 3. The molecule has 9 heteroatoms. The molecule has 0 unspecified atom stereocenters. The first-order valence-corrected chi connectivity index (χ1v) is 10.0. The van der Waals surface area contributed by atoms with Crippen LogP contribution in [0.15, 0.2) is 69.9 Å². The maximum absolute atomic E-state index is 13.5. The summed E-state index contributed by atoms with van der Waals surface area (Å²) >= 11 is 6.08. The maximum Gasteiger partial charge on any atom is 0.296 e. The number of benzene rings is 2. The molecule has 2 aromatic carbocycles. The van der Waals surface area contributed by atoms with Crippen LogP contribution < -0.4 is 10.3 Å². The summed E-state index contributed by atoms with van der Waals surface area (Å²) in [4.78, 5) is 43.4. The fourth-order valence-electron chi connectivity index (χ4n) is 3.94. The summed E-state index contributed by atoms with van der Waals surface area (Å²) in [5.41, 5.74) is 1.09. The first-order valence-electron chi connectivity index (χ1n) is 9.63. The van der Waals surface area contributed by atoms with E-state index in [1.54, 1.807) is 37.3 Å². The fourth-order valence-corrected chi connectivity index (χ4v) is 4.11. The number of carbonyl (C=O) groups excluding carboxylic acids is 1. The van der Waals surface area contributed by atoms with E-state index in [0.717, 1.165) is 0 Å². The molecule has 0 bridgehead atoms. The van der Waals surface area contributed by atoms with Crippen molar-refractivity contribution in [2.45, 2.75) is 13.0 Å². The Labute approximate surface area is 185 Å². The number of pyridine rings is 1. The molecule has 0 saturated heterocycles.